The summed E-state index contributed by atoms with van der Waals surface area (Å²) in [6, 6.07) is 4.12. The first-order chi connectivity index (χ1) is 9.72. The largest absolute Gasteiger partial charge is 0.380 e. The summed E-state index contributed by atoms with van der Waals surface area (Å²) < 4.78 is 7.89. The van der Waals surface area contributed by atoms with Gasteiger partial charge in [0.25, 0.3) is 0 Å². The molecular formula is C16H25N3O. The van der Waals surface area contributed by atoms with Crippen molar-refractivity contribution in [3.63, 3.8) is 0 Å². The summed E-state index contributed by atoms with van der Waals surface area (Å²) in [4.78, 5) is 4.49. The van der Waals surface area contributed by atoms with E-state index in [4.69, 9.17) is 4.74 Å². The van der Waals surface area contributed by atoms with Crippen molar-refractivity contribution in [2.24, 2.45) is 5.92 Å². The van der Waals surface area contributed by atoms with E-state index in [1.807, 2.05) is 19.3 Å². The number of hydrogen-bond donors (Lipinski definition) is 1. The molecule has 2 heterocycles. The van der Waals surface area contributed by atoms with E-state index in [2.05, 4.69) is 41.0 Å². The average molecular weight is 275 g/mol. The van der Waals surface area contributed by atoms with Crippen molar-refractivity contribution in [1.29, 1.82) is 0 Å². The zero-order valence-electron chi connectivity index (χ0n) is 12.7. The predicted octanol–water partition coefficient (Wildman–Crippen LogP) is 2.82. The highest BCUT2D eigenvalue weighted by atomic mass is 16.5. The fourth-order valence-corrected chi connectivity index (χ4v) is 2.28. The van der Waals surface area contributed by atoms with Crippen LogP contribution in [0.2, 0.25) is 0 Å². The van der Waals surface area contributed by atoms with Gasteiger partial charge in [0.05, 0.1) is 6.61 Å². The minimum atomic E-state index is 0.700. The Morgan fingerprint density at radius 1 is 1.35 bits per heavy atom. The van der Waals surface area contributed by atoms with Crippen LogP contribution < -0.4 is 5.32 Å². The van der Waals surface area contributed by atoms with E-state index in [1.165, 1.54) is 10.9 Å². The van der Waals surface area contributed by atoms with Crippen LogP contribution in [0.15, 0.2) is 24.5 Å². The van der Waals surface area contributed by atoms with Crippen LogP contribution in [0.3, 0.4) is 0 Å². The van der Waals surface area contributed by atoms with Gasteiger partial charge in [0, 0.05) is 37.5 Å². The topological polar surface area (TPSA) is 39.1 Å². The Labute approximate surface area is 121 Å². The molecule has 0 aliphatic heterocycles. The molecule has 0 saturated carbocycles. The van der Waals surface area contributed by atoms with Crippen molar-refractivity contribution in [1.82, 2.24) is 14.9 Å². The molecular weight excluding hydrogens is 250 g/mol. The standard InChI is InChI=1S/C16H25N3O/c1-13(2)6-9-20-10-8-19-12-14(11-17-3)15-5-4-7-18-16(15)19/h4-5,7,12-13,17H,6,8-11H2,1-3H3. The minimum Gasteiger partial charge on any atom is -0.380 e. The van der Waals surface area contributed by atoms with Crippen LogP contribution in [-0.4, -0.2) is 29.8 Å². The first kappa shape index (κ1) is 15.0. The van der Waals surface area contributed by atoms with Gasteiger partial charge < -0.3 is 14.6 Å². The van der Waals surface area contributed by atoms with Gasteiger partial charge in [-0.3, -0.25) is 0 Å². The van der Waals surface area contributed by atoms with Gasteiger partial charge in [-0.2, -0.15) is 0 Å². The smallest absolute Gasteiger partial charge is 0.140 e. The third-order valence-electron chi connectivity index (χ3n) is 3.40. The Morgan fingerprint density at radius 3 is 2.95 bits per heavy atom. The number of ether oxygens (including phenoxy) is 1. The van der Waals surface area contributed by atoms with Gasteiger partial charge in [0.2, 0.25) is 0 Å². The van der Waals surface area contributed by atoms with Crippen LogP contribution in [-0.2, 0) is 17.8 Å². The summed E-state index contributed by atoms with van der Waals surface area (Å²) in [5.41, 5.74) is 2.34. The number of aromatic nitrogens is 2. The number of hydrogen-bond acceptors (Lipinski definition) is 3. The molecule has 0 aliphatic rings. The third kappa shape index (κ3) is 3.81. The molecule has 0 aliphatic carbocycles. The molecule has 2 rings (SSSR count). The highest BCUT2D eigenvalue weighted by Crippen LogP contribution is 2.19. The molecule has 0 spiro atoms. The lowest BCUT2D eigenvalue weighted by atomic mass is 10.1. The molecule has 0 amide bonds. The van der Waals surface area contributed by atoms with Crippen molar-refractivity contribution in [3.8, 4) is 0 Å². The summed E-state index contributed by atoms with van der Waals surface area (Å²) in [5, 5.41) is 4.43. The minimum absolute atomic E-state index is 0.700. The highest BCUT2D eigenvalue weighted by Gasteiger charge is 2.08. The highest BCUT2D eigenvalue weighted by molar-refractivity contribution is 5.80. The summed E-state index contributed by atoms with van der Waals surface area (Å²) in [6.07, 6.45) is 5.15. The average Bonchev–Trinajstić information content (AvgIpc) is 2.77. The first-order valence-electron chi connectivity index (χ1n) is 7.37. The Bertz CT molecular complexity index is 534. The number of fused-ring (bicyclic) bond motifs is 1. The van der Waals surface area contributed by atoms with E-state index in [9.17, 15) is 0 Å². The van der Waals surface area contributed by atoms with Crippen molar-refractivity contribution in [2.75, 3.05) is 20.3 Å². The normalized spacial score (nSPS) is 11.6. The molecule has 0 saturated heterocycles. The molecule has 0 aromatic carbocycles. The van der Waals surface area contributed by atoms with E-state index in [-0.39, 0.29) is 0 Å². The van der Waals surface area contributed by atoms with E-state index in [0.29, 0.717) is 5.92 Å². The van der Waals surface area contributed by atoms with E-state index >= 15 is 0 Å². The first-order valence-corrected chi connectivity index (χ1v) is 7.37. The van der Waals surface area contributed by atoms with Crippen molar-refractivity contribution in [3.05, 3.63) is 30.1 Å². The van der Waals surface area contributed by atoms with E-state index < -0.39 is 0 Å². The van der Waals surface area contributed by atoms with Gasteiger partial charge in [-0.05, 0) is 37.1 Å². The molecule has 0 fully saturated rings. The van der Waals surface area contributed by atoms with E-state index in [1.54, 1.807) is 0 Å². The van der Waals surface area contributed by atoms with Crippen LogP contribution in [0.5, 0.6) is 0 Å². The van der Waals surface area contributed by atoms with Gasteiger partial charge in [0.1, 0.15) is 5.65 Å². The fourth-order valence-electron chi connectivity index (χ4n) is 2.28. The van der Waals surface area contributed by atoms with Crippen molar-refractivity contribution in [2.45, 2.75) is 33.4 Å². The fraction of sp³-hybridized carbons (Fsp3) is 0.562. The van der Waals surface area contributed by atoms with Gasteiger partial charge in [-0.1, -0.05) is 13.8 Å². The molecule has 2 aromatic heterocycles. The molecule has 20 heavy (non-hydrogen) atoms. The number of nitrogens with zero attached hydrogens (tertiary/aromatic N) is 2. The maximum atomic E-state index is 5.70. The molecule has 2 aromatic rings. The van der Waals surface area contributed by atoms with Crippen molar-refractivity contribution >= 4 is 11.0 Å². The SMILES string of the molecule is CNCc1cn(CCOCCC(C)C)c2ncccc12. The molecule has 0 radical (unpaired) electrons. The van der Waals surface area contributed by atoms with Crippen LogP contribution in [0.25, 0.3) is 11.0 Å². The Balaban J connectivity index is 1.99. The zero-order valence-corrected chi connectivity index (χ0v) is 12.7. The third-order valence-corrected chi connectivity index (χ3v) is 3.40. The van der Waals surface area contributed by atoms with Gasteiger partial charge in [0.15, 0.2) is 0 Å². The van der Waals surface area contributed by atoms with Crippen LogP contribution in [0.4, 0.5) is 0 Å². The summed E-state index contributed by atoms with van der Waals surface area (Å²) in [5.74, 6) is 0.700. The Hall–Kier alpha value is -1.39. The lowest BCUT2D eigenvalue weighted by Gasteiger charge is -2.07. The monoisotopic (exact) mass is 275 g/mol. The van der Waals surface area contributed by atoms with Crippen molar-refractivity contribution < 1.29 is 4.74 Å². The maximum absolute atomic E-state index is 5.70. The number of pyridine rings is 1. The van der Waals surface area contributed by atoms with E-state index in [0.717, 1.165) is 38.4 Å². The molecule has 0 atom stereocenters. The summed E-state index contributed by atoms with van der Waals surface area (Å²) in [6.45, 7) is 7.74. The quantitative estimate of drug-likeness (QED) is 0.753. The Kier molecular flexibility index (Phi) is 5.56. The molecule has 1 N–H and O–H groups in total. The van der Waals surface area contributed by atoms with Crippen LogP contribution in [0.1, 0.15) is 25.8 Å². The van der Waals surface area contributed by atoms with Gasteiger partial charge in [-0.15, -0.1) is 0 Å². The second kappa shape index (κ2) is 7.41. The predicted molar refractivity (Wildman–Crippen MR) is 82.8 cm³/mol. The molecule has 110 valence electrons. The van der Waals surface area contributed by atoms with Gasteiger partial charge >= 0.3 is 0 Å². The molecule has 0 bridgehead atoms. The molecule has 4 heteroatoms. The van der Waals surface area contributed by atoms with Crippen LogP contribution >= 0.6 is 0 Å². The zero-order chi connectivity index (χ0) is 14.4. The maximum Gasteiger partial charge on any atom is 0.140 e. The second-order valence-electron chi connectivity index (χ2n) is 5.55. The lowest BCUT2D eigenvalue weighted by molar-refractivity contribution is 0.117. The summed E-state index contributed by atoms with van der Waals surface area (Å²) >= 11 is 0. The second-order valence-corrected chi connectivity index (χ2v) is 5.55. The number of nitrogens with one attached hydrogen (secondary N) is 1. The number of rotatable bonds is 8. The van der Waals surface area contributed by atoms with Crippen LogP contribution in [0, 0.1) is 5.92 Å². The molecule has 4 nitrogen and oxygen atoms in total. The molecule has 0 unspecified atom stereocenters. The van der Waals surface area contributed by atoms with Gasteiger partial charge in [-0.25, -0.2) is 4.98 Å². The summed E-state index contributed by atoms with van der Waals surface area (Å²) in [7, 11) is 1.97. The Morgan fingerprint density at radius 2 is 2.20 bits per heavy atom. The lowest BCUT2D eigenvalue weighted by Crippen LogP contribution is -2.08.